The molecular formula is C13H18Cl2FNO. The molecule has 1 fully saturated rings. The van der Waals surface area contributed by atoms with Crippen LogP contribution >= 0.6 is 24.0 Å². The van der Waals surface area contributed by atoms with Gasteiger partial charge in [-0.05, 0) is 36.5 Å². The molecule has 1 saturated carbocycles. The van der Waals surface area contributed by atoms with Crippen molar-refractivity contribution in [1.82, 2.24) is 0 Å². The molecule has 1 aliphatic rings. The average molecular weight is 294 g/mol. The van der Waals surface area contributed by atoms with Crippen molar-refractivity contribution in [2.45, 2.75) is 37.8 Å². The van der Waals surface area contributed by atoms with Crippen LogP contribution in [0.4, 0.5) is 4.39 Å². The van der Waals surface area contributed by atoms with Gasteiger partial charge in [0, 0.05) is 5.02 Å². The summed E-state index contributed by atoms with van der Waals surface area (Å²) in [5.41, 5.74) is 6.63. The molecule has 1 aromatic carbocycles. The summed E-state index contributed by atoms with van der Waals surface area (Å²) < 4.78 is 12.9. The van der Waals surface area contributed by atoms with Crippen molar-refractivity contribution in [2.75, 3.05) is 0 Å². The second-order valence-electron chi connectivity index (χ2n) is 4.73. The summed E-state index contributed by atoms with van der Waals surface area (Å²) in [6.45, 7) is 0. The van der Waals surface area contributed by atoms with Crippen LogP contribution in [0.5, 0.6) is 0 Å². The van der Waals surface area contributed by atoms with E-state index in [1.165, 1.54) is 12.1 Å². The fraction of sp³-hybridized carbons (Fsp3) is 0.538. The molecule has 0 radical (unpaired) electrons. The number of aliphatic hydroxyl groups excluding tert-OH is 1. The Morgan fingerprint density at radius 3 is 2.50 bits per heavy atom. The average Bonchev–Trinajstić information content (AvgIpc) is 2.80. The highest BCUT2D eigenvalue weighted by Crippen LogP contribution is 2.34. The topological polar surface area (TPSA) is 46.2 Å². The van der Waals surface area contributed by atoms with E-state index in [4.69, 9.17) is 17.3 Å². The fourth-order valence-corrected chi connectivity index (χ4v) is 2.84. The fourth-order valence-electron chi connectivity index (χ4n) is 2.55. The van der Waals surface area contributed by atoms with Crippen LogP contribution in [0, 0.1) is 11.7 Å². The first-order valence-corrected chi connectivity index (χ1v) is 6.36. The monoisotopic (exact) mass is 293 g/mol. The highest BCUT2D eigenvalue weighted by molar-refractivity contribution is 6.31. The lowest BCUT2D eigenvalue weighted by Crippen LogP contribution is -2.32. The number of hydrogen-bond donors (Lipinski definition) is 2. The molecule has 18 heavy (non-hydrogen) atoms. The van der Waals surface area contributed by atoms with Crippen LogP contribution < -0.4 is 5.73 Å². The Kier molecular flexibility index (Phi) is 5.86. The van der Waals surface area contributed by atoms with Crippen molar-refractivity contribution >= 4 is 24.0 Å². The number of benzene rings is 1. The lowest BCUT2D eigenvalue weighted by molar-refractivity contribution is 0.0845. The molecule has 0 amide bonds. The number of nitrogens with two attached hydrogens (primary N) is 1. The van der Waals surface area contributed by atoms with Gasteiger partial charge in [-0.15, -0.1) is 12.4 Å². The lowest BCUT2D eigenvalue weighted by Gasteiger charge is -2.25. The minimum Gasteiger partial charge on any atom is -0.391 e. The van der Waals surface area contributed by atoms with Gasteiger partial charge in [-0.3, -0.25) is 0 Å². The molecule has 0 aliphatic heterocycles. The van der Waals surface area contributed by atoms with E-state index in [-0.39, 0.29) is 29.2 Å². The van der Waals surface area contributed by atoms with E-state index in [9.17, 15) is 9.50 Å². The third-order valence-corrected chi connectivity index (χ3v) is 3.90. The highest BCUT2D eigenvalue weighted by atomic mass is 35.5. The maximum absolute atomic E-state index is 12.9. The third-order valence-electron chi connectivity index (χ3n) is 3.57. The van der Waals surface area contributed by atoms with Crippen LogP contribution in [0.15, 0.2) is 18.2 Å². The molecule has 0 aromatic heterocycles. The van der Waals surface area contributed by atoms with E-state index in [0.29, 0.717) is 5.56 Å². The van der Waals surface area contributed by atoms with Gasteiger partial charge in [0.25, 0.3) is 0 Å². The molecule has 0 saturated heterocycles. The van der Waals surface area contributed by atoms with Crippen LogP contribution in [-0.2, 0) is 0 Å². The normalized spacial score (nSPS) is 19.3. The smallest absolute Gasteiger partial charge is 0.124 e. The summed E-state index contributed by atoms with van der Waals surface area (Å²) in [5.74, 6) is -0.146. The molecule has 0 unspecified atom stereocenters. The molecule has 1 aliphatic carbocycles. The summed E-state index contributed by atoms with van der Waals surface area (Å²) in [7, 11) is 0. The van der Waals surface area contributed by atoms with Crippen molar-refractivity contribution in [3.63, 3.8) is 0 Å². The van der Waals surface area contributed by atoms with Crippen molar-refractivity contribution in [2.24, 2.45) is 11.7 Å². The molecule has 5 heteroatoms. The first-order chi connectivity index (χ1) is 8.09. The second-order valence-corrected chi connectivity index (χ2v) is 5.13. The summed E-state index contributed by atoms with van der Waals surface area (Å²) in [5, 5.41) is 10.5. The van der Waals surface area contributed by atoms with Crippen LogP contribution in [0.1, 0.15) is 37.3 Å². The van der Waals surface area contributed by atoms with E-state index < -0.39 is 12.1 Å². The zero-order valence-electron chi connectivity index (χ0n) is 9.98. The molecule has 2 nitrogen and oxygen atoms in total. The molecule has 1 aromatic rings. The Bertz CT molecular complexity index is 397. The molecule has 0 bridgehead atoms. The van der Waals surface area contributed by atoms with Crippen molar-refractivity contribution < 1.29 is 9.50 Å². The number of halogens is 3. The minimum absolute atomic E-state index is 0. The Morgan fingerprint density at radius 2 is 1.94 bits per heavy atom. The van der Waals surface area contributed by atoms with Gasteiger partial charge in [0.1, 0.15) is 5.82 Å². The molecule has 0 spiro atoms. The maximum atomic E-state index is 12.9. The molecule has 2 rings (SSSR count). The van der Waals surface area contributed by atoms with Gasteiger partial charge in [0.2, 0.25) is 0 Å². The van der Waals surface area contributed by atoms with E-state index in [1.54, 1.807) is 6.07 Å². The first-order valence-electron chi connectivity index (χ1n) is 5.98. The summed E-state index contributed by atoms with van der Waals surface area (Å²) in [6, 6.07) is 3.58. The van der Waals surface area contributed by atoms with Gasteiger partial charge in [-0.2, -0.15) is 0 Å². The van der Waals surface area contributed by atoms with Crippen molar-refractivity contribution in [3.05, 3.63) is 34.6 Å². The standard InChI is InChI=1S/C13H17ClFNO.ClH/c14-11-7-9(15)5-6-10(11)12(16)13(17)8-3-1-2-4-8;/h5-8,12-13,17H,1-4,16H2;1H/t12-,13+;/m0./s1. The summed E-state index contributed by atoms with van der Waals surface area (Å²) >= 11 is 5.94. The summed E-state index contributed by atoms with van der Waals surface area (Å²) in [6.07, 6.45) is 3.71. The Balaban J connectivity index is 0.00000162. The van der Waals surface area contributed by atoms with Crippen LogP contribution in [0.2, 0.25) is 5.02 Å². The van der Waals surface area contributed by atoms with Gasteiger partial charge in [-0.25, -0.2) is 4.39 Å². The largest absolute Gasteiger partial charge is 0.391 e. The van der Waals surface area contributed by atoms with E-state index in [0.717, 1.165) is 25.7 Å². The molecule has 102 valence electrons. The Morgan fingerprint density at radius 1 is 1.33 bits per heavy atom. The van der Waals surface area contributed by atoms with Crippen LogP contribution in [0.25, 0.3) is 0 Å². The van der Waals surface area contributed by atoms with Gasteiger partial charge < -0.3 is 10.8 Å². The van der Waals surface area contributed by atoms with E-state index >= 15 is 0 Å². The summed E-state index contributed by atoms with van der Waals surface area (Å²) in [4.78, 5) is 0. The molecule has 0 heterocycles. The lowest BCUT2D eigenvalue weighted by atomic mass is 9.91. The van der Waals surface area contributed by atoms with Crippen LogP contribution in [-0.4, -0.2) is 11.2 Å². The number of rotatable bonds is 3. The van der Waals surface area contributed by atoms with E-state index in [2.05, 4.69) is 0 Å². The van der Waals surface area contributed by atoms with E-state index in [1.807, 2.05) is 0 Å². The molecule has 3 N–H and O–H groups in total. The minimum atomic E-state index is -0.597. The van der Waals surface area contributed by atoms with Crippen molar-refractivity contribution in [3.8, 4) is 0 Å². The quantitative estimate of drug-likeness (QED) is 0.897. The third kappa shape index (κ3) is 3.35. The van der Waals surface area contributed by atoms with Crippen LogP contribution in [0.3, 0.4) is 0 Å². The Hall–Kier alpha value is -0.350. The van der Waals surface area contributed by atoms with Crippen molar-refractivity contribution in [1.29, 1.82) is 0 Å². The SMILES string of the molecule is Cl.N[C@@H](c1ccc(F)cc1Cl)[C@H](O)C1CCCC1. The number of hydrogen-bond acceptors (Lipinski definition) is 2. The zero-order chi connectivity index (χ0) is 12.4. The van der Waals surface area contributed by atoms with Gasteiger partial charge in [-0.1, -0.05) is 30.5 Å². The first kappa shape index (κ1) is 15.7. The number of aliphatic hydroxyl groups is 1. The highest BCUT2D eigenvalue weighted by Gasteiger charge is 2.29. The molecule has 2 atom stereocenters. The predicted molar refractivity (Wildman–Crippen MR) is 73.6 cm³/mol. The van der Waals surface area contributed by atoms with Gasteiger partial charge >= 0.3 is 0 Å². The van der Waals surface area contributed by atoms with Gasteiger partial charge in [0.15, 0.2) is 0 Å². The predicted octanol–water partition coefficient (Wildman–Crippen LogP) is 3.45. The van der Waals surface area contributed by atoms with Gasteiger partial charge in [0.05, 0.1) is 12.1 Å². The maximum Gasteiger partial charge on any atom is 0.124 e. The Labute approximate surface area is 118 Å². The zero-order valence-corrected chi connectivity index (χ0v) is 11.6. The molecular weight excluding hydrogens is 276 g/mol. The second kappa shape index (κ2) is 6.71.